The molecule has 0 aliphatic heterocycles. The lowest BCUT2D eigenvalue weighted by atomic mass is 10.0. The van der Waals surface area contributed by atoms with Gasteiger partial charge in [-0.3, -0.25) is 0 Å². The number of aromatic nitrogens is 2. The van der Waals surface area contributed by atoms with Crippen molar-refractivity contribution in [2.24, 2.45) is 0 Å². The van der Waals surface area contributed by atoms with Crippen molar-refractivity contribution in [2.45, 2.75) is 39.7 Å². The third-order valence-corrected chi connectivity index (χ3v) is 3.72. The molecule has 1 aromatic rings. The van der Waals surface area contributed by atoms with E-state index in [4.69, 9.17) is 11.6 Å². The van der Waals surface area contributed by atoms with E-state index >= 15 is 0 Å². The summed E-state index contributed by atoms with van der Waals surface area (Å²) in [7, 11) is 4.14. The summed E-state index contributed by atoms with van der Waals surface area (Å²) >= 11 is 6.11. The third kappa shape index (κ3) is 3.56. The Kier molecular flexibility index (Phi) is 4.93. The SMILES string of the molecule is CCc1nc(Cl)c(C)c(NCC(C)(C)N(C)C)n1. The number of nitrogens with zero attached hydrogens (tertiary/aromatic N) is 3. The fourth-order valence-electron chi connectivity index (χ4n) is 1.32. The van der Waals surface area contributed by atoms with Gasteiger partial charge in [0.25, 0.3) is 0 Å². The first kappa shape index (κ1) is 15.2. The Morgan fingerprint density at radius 1 is 1.28 bits per heavy atom. The van der Waals surface area contributed by atoms with E-state index in [1.54, 1.807) is 0 Å². The molecule has 1 aromatic heterocycles. The van der Waals surface area contributed by atoms with Crippen molar-refractivity contribution in [3.05, 3.63) is 16.5 Å². The van der Waals surface area contributed by atoms with Crippen molar-refractivity contribution >= 4 is 17.4 Å². The number of hydrogen-bond donors (Lipinski definition) is 1. The van der Waals surface area contributed by atoms with Crippen LogP contribution in [0.5, 0.6) is 0 Å². The average Bonchev–Trinajstić information content (AvgIpc) is 2.30. The monoisotopic (exact) mass is 270 g/mol. The molecule has 0 aromatic carbocycles. The fraction of sp³-hybridized carbons (Fsp3) is 0.692. The number of rotatable bonds is 5. The Balaban J connectivity index is 2.88. The van der Waals surface area contributed by atoms with Crippen LogP contribution in [0.4, 0.5) is 5.82 Å². The van der Waals surface area contributed by atoms with Crippen molar-refractivity contribution in [2.75, 3.05) is 26.0 Å². The van der Waals surface area contributed by atoms with Gasteiger partial charge in [0.15, 0.2) is 0 Å². The minimum Gasteiger partial charge on any atom is -0.368 e. The molecule has 4 nitrogen and oxygen atoms in total. The maximum Gasteiger partial charge on any atom is 0.137 e. The second-order valence-corrected chi connectivity index (χ2v) is 5.68. The minimum absolute atomic E-state index is 0.0518. The molecule has 0 unspecified atom stereocenters. The molecule has 18 heavy (non-hydrogen) atoms. The van der Waals surface area contributed by atoms with E-state index in [-0.39, 0.29) is 5.54 Å². The summed E-state index contributed by atoms with van der Waals surface area (Å²) < 4.78 is 0. The molecule has 1 heterocycles. The van der Waals surface area contributed by atoms with Crippen LogP contribution in [0.1, 0.15) is 32.2 Å². The van der Waals surface area contributed by atoms with E-state index in [1.165, 1.54) is 0 Å². The fourth-order valence-corrected chi connectivity index (χ4v) is 1.51. The Hall–Kier alpha value is -0.870. The Morgan fingerprint density at radius 3 is 2.39 bits per heavy atom. The standard InChI is InChI=1S/C13H23ClN4/c1-7-10-16-11(14)9(2)12(17-10)15-8-13(3,4)18(5)6/h7-8H2,1-6H3,(H,15,16,17). The van der Waals surface area contributed by atoms with E-state index in [0.29, 0.717) is 5.15 Å². The summed E-state index contributed by atoms with van der Waals surface area (Å²) in [5, 5.41) is 3.91. The number of anilines is 1. The van der Waals surface area contributed by atoms with Gasteiger partial charge in [-0.2, -0.15) is 0 Å². The van der Waals surface area contributed by atoms with Gasteiger partial charge < -0.3 is 10.2 Å². The van der Waals surface area contributed by atoms with Crippen molar-refractivity contribution in [3.63, 3.8) is 0 Å². The lowest BCUT2D eigenvalue weighted by Crippen LogP contribution is -2.44. The molecule has 0 spiro atoms. The molecule has 0 amide bonds. The van der Waals surface area contributed by atoms with Gasteiger partial charge in [0.2, 0.25) is 0 Å². The molecule has 1 N–H and O–H groups in total. The van der Waals surface area contributed by atoms with E-state index in [9.17, 15) is 0 Å². The summed E-state index contributed by atoms with van der Waals surface area (Å²) in [4.78, 5) is 10.9. The number of hydrogen-bond acceptors (Lipinski definition) is 4. The first-order valence-corrected chi connectivity index (χ1v) is 6.60. The van der Waals surface area contributed by atoms with Gasteiger partial charge in [-0.25, -0.2) is 9.97 Å². The van der Waals surface area contributed by atoms with Crippen molar-refractivity contribution in [1.29, 1.82) is 0 Å². The smallest absolute Gasteiger partial charge is 0.137 e. The molecule has 0 aliphatic carbocycles. The minimum atomic E-state index is 0.0518. The second-order valence-electron chi connectivity index (χ2n) is 5.32. The van der Waals surface area contributed by atoms with Crippen molar-refractivity contribution in [3.8, 4) is 0 Å². The predicted molar refractivity (Wildman–Crippen MR) is 77.4 cm³/mol. The van der Waals surface area contributed by atoms with Gasteiger partial charge in [0.05, 0.1) is 0 Å². The Labute approximate surface area is 115 Å². The molecule has 0 atom stereocenters. The highest BCUT2D eigenvalue weighted by molar-refractivity contribution is 6.30. The van der Waals surface area contributed by atoms with Crippen LogP contribution in [-0.2, 0) is 6.42 Å². The van der Waals surface area contributed by atoms with Gasteiger partial charge in [-0.15, -0.1) is 0 Å². The van der Waals surface area contributed by atoms with E-state index in [2.05, 4.69) is 48.1 Å². The van der Waals surface area contributed by atoms with Crippen molar-refractivity contribution < 1.29 is 0 Å². The number of nitrogens with one attached hydrogen (secondary N) is 1. The molecule has 0 bridgehead atoms. The van der Waals surface area contributed by atoms with Gasteiger partial charge in [0.1, 0.15) is 16.8 Å². The van der Waals surface area contributed by atoms with Gasteiger partial charge in [0, 0.05) is 24.1 Å². The average molecular weight is 271 g/mol. The van der Waals surface area contributed by atoms with E-state index in [0.717, 1.165) is 30.2 Å². The lowest BCUT2D eigenvalue weighted by Gasteiger charge is -2.33. The number of likely N-dealkylation sites (N-methyl/N-ethyl adjacent to an activating group) is 1. The zero-order chi connectivity index (χ0) is 13.9. The topological polar surface area (TPSA) is 41.1 Å². The van der Waals surface area contributed by atoms with Crippen LogP contribution in [0.3, 0.4) is 0 Å². The lowest BCUT2D eigenvalue weighted by molar-refractivity contribution is 0.210. The maximum atomic E-state index is 6.11. The van der Waals surface area contributed by atoms with Gasteiger partial charge in [-0.1, -0.05) is 18.5 Å². The Bertz CT molecular complexity index is 416. The maximum absolute atomic E-state index is 6.11. The highest BCUT2D eigenvalue weighted by atomic mass is 35.5. The Morgan fingerprint density at radius 2 is 1.89 bits per heavy atom. The second kappa shape index (κ2) is 5.85. The normalized spacial score (nSPS) is 12.0. The molecule has 0 aliphatic rings. The van der Waals surface area contributed by atoms with Crippen LogP contribution in [0.2, 0.25) is 5.15 Å². The van der Waals surface area contributed by atoms with Crippen molar-refractivity contribution in [1.82, 2.24) is 14.9 Å². The first-order valence-electron chi connectivity index (χ1n) is 6.22. The number of halogens is 1. The summed E-state index contributed by atoms with van der Waals surface area (Å²) in [6.45, 7) is 9.12. The molecule has 0 radical (unpaired) electrons. The zero-order valence-corrected chi connectivity index (χ0v) is 12.9. The highest BCUT2D eigenvalue weighted by Crippen LogP contribution is 2.21. The molecule has 102 valence electrons. The van der Waals surface area contributed by atoms with E-state index < -0.39 is 0 Å². The molecular weight excluding hydrogens is 248 g/mol. The summed E-state index contributed by atoms with van der Waals surface area (Å²) in [6, 6.07) is 0. The van der Waals surface area contributed by atoms with Gasteiger partial charge >= 0.3 is 0 Å². The summed E-state index contributed by atoms with van der Waals surface area (Å²) in [6.07, 6.45) is 0.783. The number of aryl methyl sites for hydroxylation is 1. The van der Waals surface area contributed by atoms with Crippen LogP contribution >= 0.6 is 11.6 Å². The summed E-state index contributed by atoms with van der Waals surface area (Å²) in [5.74, 6) is 1.61. The zero-order valence-electron chi connectivity index (χ0n) is 12.1. The first-order chi connectivity index (χ1) is 8.27. The van der Waals surface area contributed by atoms with Crippen LogP contribution in [0, 0.1) is 6.92 Å². The summed E-state index contributed by atoms with van der Waals surface area (Å²) in [5.41, 5.74) is 0.958. The predicted octanol–water partition coefficient (Wildman–Crippen LogP) is 2.75. The van der Waals surface area contributed by atoms with E-state index in [1.807, 2.05) is 13.8 Å². The highest BCUT2D eigenvalue weighted by Gasteiger charge is 2.21. The van der Waals surface area contributed by atoms with Gasteiger partial charge in [-0.05, 0) is 34.9 Å². The molecule has 1 rings (SSSR count). The van der Waals surface area contributed by atoms with Crippen LogP contribution in [0.25, 0.3) is 0 Å². The molecule has 0 saturated carbocycles. The molecule has 0 saturated heterocycles. The van der Waals surface area contributed by atoms with Crippen LogP contribution in [-0.4, -0.2) is 41.0 Å². The quantitative estimate of drug-likeness (QED) is 0.836. The molecule has 0 fully saturated rings. The third-order valence-electron chi connectivity index (χ3n) is 3.35. The largest absolute Gasteiger partial charge is 0.368 e. The van der Waals surface area contributed by atoms with Crippen LogP contribution in [0.15, 0.2) is 0 Å². The molecular formula is C13H23ClN4. The van der Waals surface area contributed by atoms with Crippen LogP contribution < -0.4 is 5.32 Å². The molecule has 5 heteroatoms.